The van der Waals surface area contributed by atoms with Crippen LogP contribution in [0.3, 0.4) is 0 Å². The van der Waals surface area contributed by atoms with Crippen molar-refractivity contribution < 1.29 is 9.53 Å². The minimum absolute atomic E-state index is 0.313. The van der Waals surface area contributed by atoms with Crippen LogP contribution in [0.25, 0.3) is 0 Å². The maximum Gasteiger partial charge on any atom is 0.280 e. The van der Waals surface area contributed by atoms with Gasteiger partial charge in [-0.2, -0.15) is 5.10 Å². The van der Waals surface area contributed by atoms with Crippen LogP contribution < -0.4 is 10.2 Å². The van der Waals surface area contributed by atoms with Gasteiger partial charge >= 0.3 is 0 Å². The Morgan fingerprint density at radius 2 is 2.09 bits per heavy atom. The summed E-state index contributed by atoms with van der Waals surface area (Å²) in [5.74, 6) is 0.348. The minimum Gasteiger partial charge on any atom is -0.481 e. The first kappa shape index (κ1) is 15.7. The Hall–Kier alpha value is -2.69. The van der Waals surface area contributed by atoms with E-state index in [0.717, 1.165) is 6.42 Å². The SMILES string of the molecule is CCc1ccc(OC(C)C(=O)NN=Cc2ccccn2)cc1. The first-order valence-electron chi connectivity index (χ1n) is 7.18. The summed E-state index contributed by atoms with van der Waals surface area (Å²) in [7, 11) is 0. The summed E-state index contributed by atoms with van der Waals surface area (Å²) < 4.78 is 5.58. The van der Waals surface area contributed by atoms with Gasteiger partial charge in [-0.05, 0) is 43.2 Å². The molecule has 0 aliphatic heterocycles. The molecule has 1 heterocycles. The lowest BCUT2D eigenvalue weighted by atomic mass is 10.2. The molecular weight excluding hydrogens is 278 g/mol. The molecule has 5 nitrogen and oxygen atoms in total. The van der Waals surface area contributed by atoms with Gasteiger partial charge in [0, 0.05) is 6.20 Å². The molecule has 2 rings (SSSR count). The molecule has 5 heteroatoms. The van der Waals surface area contributed by atoms with E-state index in [0.29, 0.717) is 11.4 Å². The third-order valence-electron chi connectivity index (χ3n) is 3.07. The van der Waals surface area contributed by atoms with Gasteiger partial charge in [0.2, 0.25) is 0 Å². The summed E-state index contributed by atoms with van der Waals surface area (Å²) in [6.45, 7) is 3.77. The number of hydrogen-bond acceptors (Lipinski definition) is 4. The quantitative estimate of drug-likeness (QED) is 0.658. The van der Waals surface area contributed by atoms with Crippen molar-refractivity contribution in [3.05, 3.63) is 59.9 Å². The van der Waals surface area contributed by atoms with Crippen LogP contribution in [-0.2, 0) is 11.2 Å². The van der Waals surface area contributed by atoms with Crippen molar-refractivity contribution in [2.75, 3.05) is 0 Å². The van der Waals surface area contributed by atoms with E-state index in [2.05, 4.69) is 22.4 Å². The van der Waals surface area contributed by atoms with Gasteiger partial charge < -0.3 is 4.74 Å². The van der Waals surface area contributed by atoms with Gasteiger partial charge in [-0.25, -0.2) is 5.43 Å². The maximum atomic E-state index is 11.9. The molecule has 114 valence electrons. The van der Waals surface area contributed by atoms with Crippen LogP contribution in [0.15, 0.2) is 53.8 Å². The molecule has 1 aromatic carbocycles. The Labute approximate surface area is 130 Å². The number of ether oxygens (including phenoxy) is 1. The van der Waals surface area contributed by atoms with Crippen LogP contribution in [0, 0.1) is 0 Å². The highest BCUT2D eigenvalue weighted by atomic mass is 16.5. The molecule has 1 amide bonds. The fourth-order valence-corrected chi connectivity index (χ4v) is 1.77. The van der Waals surface area contributed by atoms with E-state index >= 15 is 0 Å². The summed E-state index contributed by atoms with van der Waals surface area (Å²) in [4.78, 5) is 16.0. The molecule has 0 saturated carbocycles. The number of aromatic nitrogens is 1. The average molecular weight is 297 g/mol. The number of hydrazone groups is 1. The molecule has 22 heavy (non-hydrogen) atoms. The zero-order valence-electron chi connectivity index (χ0n) is 12.7. The predicted molar refractivity (Wildman–Crippen MR) is 85.9 cm³/mol. The number of pyridine rings is 1. The normalized spacial score (nSPS) is 12.1. The zero-order valence-corrected chi connectivity index (χ0v) is 12.7. The Morgan fingerprint density at radius 1 is 1.32 bits per heavy atom. The number of carbonyl (C=O) groups excluding carboxylic acids is 1. The highest BCUT2D eigenvalue weighted by molar-refractivity contribution is 5.83. The van der Waals surface area contributed by atoms with E-state index < -0.39 is 6.10 Å². The van der Waals surface area contributed by atoms with Crippen LogP contribution in [0.4, 0.5) is 0 Å². The van der Waals surface area contributed by atoms with Crippen LogP contribution in [-0.4, -0.2) is 23.2 Å². The average Bonchev–Trinajstić information content (AvgIpc) is 2.56. The maximum absolute atomic E-state index is 11.9. The molecule has 0 radical (unpaired) electrons. The fraction of sp³-hybridized carbons (Fsp3) is 0.235. The number of rotatable bonds is 6. The number of benzene rings is 1. The van der Waals surface area contributed by atoms with Crippen molar-refractivity contribution in [2.45, 2.75) is 26.4 Å². The van der Waals surface area contributed by atoms with Crippen molar-refractivity contribution in [3.8, 4) is 5.75 Å². The second-order valence-electron chi connectivity index (χ2n) is 4.75. The zero-order chi connectivity index (χ0) is 15.8. The number of amides is 1. The highest BCUT2D eigenvalue weighted by Crippen LogP contribution is 2.14. The van der Waals surface area contributed by atoms with Gasteiger partial charge in [-0.15, -0.1) is 0 Å². The van der Waals surface area contributed by atoms with E-state index in [9.17, 15) is 4.79 Å². The van der Waals surface area contributed by atoms with Crippen molar-refractivity contribution in [1.82, 2.24) is 10.4 Å². The molecule has 0 aliphatic rings. The fourth-order valence-electron chi connectivity index (χ4n) is 1.77. The van der Waals surface area contributed by atoms with Gasteiger partial charge in [-0.3, -0.25) is 9.78 Å². The Balaban J connectivity index is 1.85. The second kappa shape index (κ2) is 7.93. The van der Waals surface area contributed by atoms with Crippen molar-refractivity contribution in [1.29, 1.82) is 0 Å². The van der Waals surface area contributed by atoms with Crippen LogP contribution in [0.5, 0.6) is 5.75 Å². The van der Waals surface area contributed by atoms with Gasteiger partial charge in [0.1, 0.15) is 5.75 Å². The predicted octanol–water partition coefficient (Wildman–Crippen LogP) is 2.56. The summed E-state index contributed by atoms with van der Waals surface area (Å²) in [5, 5.41) is 3.86. The molecule has 0 aliphatic carbocycles. The Morgan fingerprint density at radius 3 is 2.73 bits per heavy atom. The topological polar surface area (TPSA) is 63.6 Å². The molecule has 0 fully saturated rings. The number of nitrogens with zero attached hydrogens (tertiary/aromatic N) is 2. The lowest BCUT2D eigenvalue weighted by Gasteiger charge is -2.13. The molecule has 0 bridgehead atoms. The third kappa shape index (κ3) is 4.70. The van der Waals surface area contributed by atoms with Crippen molar-refractivity contribution >= 4 is 12.1 Å². The summed E-state index contributed by atoms with van der Waals surface area (Å²) >= 11 is 0. The minimum atomic E-state index is -0.631. The second-order valence-corrected chi connectivity index (χ2v) is 4.75. The van der Waals surface area contributed by atoms with Crippen molar-refractivity contribution in [2.24, 2.45) is 5.10 Å². The van der Waals surface area contributed by atoms with E-state index in [1.54, 1.807) is 19.2 Å². The van der Waals surface area contributed by atoms with E-state index in [-0.39, 0.29) is 5.91 Å². The molecule has 0 saturated heterocycles. The van der Waals surface area contributed by atoms with E-state index in [4.69, 9.17) is 4.74 Å². The smallest absolute Gasteiger partial charge is 0.280 e. The Bertz CT molecular complexity index is 624. The number of carbonyl (C=O) groups is 1. The highest BCUT2D eigenvalue weighted by Gasteiger charge is 2.13. The lowest BCUT2D eigenvalue weighted by molar-refractivity contribution is -0.127. The Kier molecular flexibility index (Phi) is 5.65. The van der Waals surface area contributed by atoms with Gasteiger partial charge in [0.05, 0.1) is 11.9 Å². The first-order chi connectivity index (χ1) is 10.7. The van der Waals surface area contributed by atoms with Crippen LogP contribution in [0.1, 0.15) is 25.1 Å². The van der Waals surface area contributed by atoms with Gasteiger partial charge in [-0.1, -0.05) is 25.1 Å². The summed E-state index contributed by atoms with van der Waals surface area (Å²) in [6, 6.07) is 13.2. The van der Waals surface area contributed by atoms with Gasteiger partial charge in [0.15, 0.2) is 6.10 Å². The van der Waals surface area contributed by atoms with Crippen LogP contribution >= 0.6 is 0 Å². The van der Waals surface area contributed by atoms with Gasteiger partial charge in [0.25, 0.3) is 5.91 Å². The summed E-state index contributed by atoms with van der Waals surface area (Å²) in [6.07, 6.45) is 3.49. The number of hydrogen-bond donors (Lipinski definition) is 1. The van der Waals surface area contributed by atoms with E-state index in [1.165, 1.54) is 11.8 Å². The standard InChI is InChI=1S/C17H19N3O2/c1-3-14-7-9-16(10-8-14)22-13(2)17(21)20-19-12-15-6-4-5-11-18-15/h4-13H,3H2,1-2H3,(H,20,21). The van der Waals surface area contributed by atoms with Crippen molar-refractivity contribution in [3.63, 3.8) is 0 Å². The molecule has 1 aromatic heterocycles. The third-order valence-corrected chi connectivity index (χ3v) is 3.07. The molecular formula is C17H19N3O2. The summed E-state index contributed by atoms with van der Waals surface area (Å²) in [5.41, 5.74) is 4.34. The molecule has 1 unspecified atom stereocenters. The monoisotopic (exact) mass is 297 g/mol. The molecule has 2 aromatic rings. The lowest BCUT2D eigenvalue weighted by Crippen LogP contribution is -2.33. The van der Waals surface area contributed by atoms with E-state index in [1.807, 2.05) is 36.4 Å². The largest absolute Gasteiger partial charge is 0.481 e. The van der Waals surface area contributed by atoms with Crippen LogP contribution in [0.2, 0.25) is 0 Å². The molecule has 1 N–H and O–H groups in total. The molecule has 1 atom stereocenters. The molecule has 0 spiro atoms. The first-order valence-corrected chi connectivity index (χ1v) is 7.18. The number of aryl methyl sites for hydroxylation is 1. The number of nitrogens with one attached hydrogen (secondary N) is 1.